The first-order valence-corrected chi connectivity index (χ1v) is 6.25. The largest absolute Gasteiger partial charge is 0.381 e. The lowest BCUT2D eigenvalue weighted by Crippen LogP contribution is -2.13. The van der Waals surface area contributed by atoms with E-state index in [4.69, 9.17) is 11.5 Å². The quantitative estimate of drug-likeness (QED) is 0.805. The van der Waals surface area contributed by atoms with Crippen LogP contribution in [-0.4, -0.2) is 15.7 Å². The van der Waals surface area contributed by atoms with E-state index in [0.717, 1.165) is 16.3 Å². The van der Waals surface area contributed by atoms with Crippen LogP contribution in [0.4, 0.5) is 5.82 Å². The molecule has 1 unspecified atom stereocenters. The number of nitrogens with two attached hydrogens (primary N) is 2. The number of nitrogen functional groups attached to an aromatic ring is 1. The molecular formula is C12H14N4S. The highest BCUT2D eigenvalue weighted by molar-refractivity contribution is 7.99. The Morgan fingerprint density at radius 2 is 1.82 bits per heavy atom. The van der Waals surface area contributed by atoms with E-state index >= 15 is 0 Å². The van der Waals surface area contributed by atoms with Crippen LogP contribution in [-0.2, 0) is 0 Å². The zero-order valence-electron chi connectivity index (χ0n) is 9.28. The Hall–Kier alpha value is -1.59. The van der Waals surface area contributed by atoms with Gasteiger partial charge in [0.1, 0.15) is 5.03 Å². The predicted molar refractivity (Wildman–Crippen MR) is 70.5 cm³/mol. The summed E-state index contributed by atoms with van der Waals surface area (Å²) in [6, 6.07) is 9.95. The summed E-state index contributed by atoms with van der Waals surface area (Å²) in [6.45, 7) is 0. The zero-order chi connectivity index (χ0) is 12.1. The van der Waals surface area contributed by atoms with Crippen molar-refractivity contribution in [1.82, 2.24) is 9.97 Å². The Bertz CT molecular complexity index is 475. The Labute approximate surface area is 104 Å². The number of hydrogen-bond acceptors (Lipinski definition) is 5. The third kappa shape index (κ3) is 3.18. The second-order valence-electron chi connectivity index (χ2n) is 3.57. The fraction of sp³-hybridized carbons (Fsp3) is 0.167. The number of nitrogens with zero attached hydrogens (tertiary/aromatic N) is 2. The molecule has 1 atom stereocenters. The van der Waals surface area contributed by atoms with Crippen LogP contribution in [0.2, 0.25) is 0 Å². The van der Waals surface area contributed by atoms with Crippen molar-refractivity contribution in [2.45, 2.75) is 11.1 Å². The topological polar surface area (TPSA) is 77.8 Å². The first-order valence-electron chi connectivity index (χ1n) is 5.27. The Morgan fingerprint density at radius 3 is 2.53 bits per heavy atom. The molecule has 1 heterocycles. The molecule has 5 heteroatoms. The van der Waals surface area contributed by atoms with E-state index in [2.05, 4.69) is 9.97 Å². The van der Waals surface area contributed by atoms with E-state index in [1.54, 1.807) is 12.4 Å². The summed E-state index contributed by atoms with van der Waals surface area (Å²) in [5.74, 6) is 1.19. The summed E-state index contributed by atoms with van der Waals surface area (Å²) >= 11 is 1.53. The first kappa shape index (κ1) is 11.9. The number of benzene rings is 1. The second-order valence-corrected chi connectivity index (χ2v) is 4.58. The normalized spacial score (nSPS) is 12.3. The fourth-order valence-corrected chi connectivity index (χ4v) is 2.28. The molecule has 1 aromatic heterocycles. The van der Waals surface area contributed by atoms with Crippen LogP contribution in [0.15, 0.2) is 47.8 Å². The van der Waals surface area contributed by atoms with Crippen molar-refractivity contribution < 1.29 is 0 Å². The standard InChI is InChI=1S/C12H14N4S/c13-10(9-4-2-1-3-5-9)8-17-12-11(14)15-6-7-16-12/h1-7,10H,8,13H2,(H2,14,15). The highest BCUT2D eigenvalue weighted by Gasteiger charge is 2.08. The third-order valence-electron chi connectivity index (χ3n) is 2.32. The Kier molecular flexibility index (Phi) is 3.95. The van der Waals surface area contributed by atoms with Gasteiger partial charge in [0.05, 0.1) is 0 Å². The maximum absolute atomic E-state index is 6.08. The maximum Gasteiger partial charge on any atom is 0.156 e. The van der Waals surface area contributed by atoms with Gasteiger partial charge in [-0.15, -0.1) is 11.8 Å². The van der Waals surface area contributed by atoms with Crippen molar-refractivity contribution in [2.24, 2.45) is 5.73 Å². The number of rotatable bonds is 4. The predicted octanol–water partition coefficient (Wildman–Crippen LogP) is 1.85. The molecule has 0 aliphatic rings. The monoisotopic (exact) mass is 246 g/mol. The number of hydrogen-bond donors (Lipinski definition) is 2. The summed E-state index contributed by atoms with van der Waals surface area (Å²) in [5.41, 5.74) is 12.9. The van der Waals surface area contributed by atoms with E-state index in [-0.39, 0.29) is 6.04 Å². The lowest BCUT2D eigenvalue weighted by Gasteiger charge is -2.11. The second kappa shape index (κ2) is 5.65. The summed E-state index contributed by atoms with van der Waals surface area (Å²) in [5, 5.41) is 0.735. The van der Waals surface area contributed by atoms with E-state index in [1.807, 2.05) is 30.3 Å². The molecule has 0 saturated heterocycles. The van der Waals surface area contributed by atoms with Gasteiger partial charge in [0.15, 0.2) is 5.82 Å². The minimum Gasteiger partial charge on any atom is -0.381 e. The van der Waals surface area contributed by atoms with Gasteiger partial charge in [-0.05, 0) is 5.56 Å². The van der Waals surface area contributed by atoms with Crippen molar-refractivity contribution in [3.05, 3.63) is 48.3 Å². The number of aromatic nitrogens is 2. The molecule has 0 bridgehead atoms. The molecule has 0 radical (unpaired) electrons. The van der Waals surface area contributed by atoms with Gasteiger partial charge in [-0.3, -0.25) is 0 Å². The molecule has 0 aliphatic heterocycles. The third-order valence-corrected chi connectivity index (χ3v) is 3.43. The van der Waals surface area contributed by atoms with E-state index < -0.39 is 0 Å². The van der Waals surface area contributed by atoms with Crippen LogP contribution in [0.5, 0.6) is 0 Å². The van der Waals surface area contributed by atoms with Crippen LogP contribution >= 0.6 is 11.8 Å². The van der Waals surface area contributed by atoms with E-state index in [9.17, 15) is 0 Å². The average Bonchev–Trinajstić information content (AvgIpc) is 2.38. The van der Waals surface area contributed by atoms with Gasteiger partial charge in [0.2, 0.25) is 0 Å². The molecule has 4 nitrogen and oxygen atoms in total. The molecule has 0 fully saturated rings. The summed E-state index contributed by atoms with van der Waals surface area (Å²) in [6.07, 6.45) is 3.21. The lowest BCUT2D eigenvalue weighted by molar-refractivity contribution is 0.830. The molecular weight excluding hydrogens is 232 g/mol. The molecule has 4 N–H and O–H groups in total. The molecule has 0 aliphatic carbocycles. The molecule has 88 valence electrons. The smallest absolute Gasteiger partial charge is 0.156 e. The minimum absolute atomic E-state index is 0.0254. The van der Waals surface area contributed by atoms with Crippen LogP contribution < -0.4 is 11.5 Å². The molecule has 17 heavy (non-hydrogen) atoms. The van der Waals surface area contributed by atoms with Gasteiger partial charge in [0, 0.05) is 24.2 Å². The summed E-state index contributed by atoms with van der Waals surface area (Å²) < 4.78 is 0. The van der Waals surface area contributed by atoms with Gasteiger partial charge in [-0.1, -0.05) is 30.3 Å². The van der Waals surface area contributed by atoms with Crippen LogP contribution in [0.1, 0.15) is 11.6 Å². The van der Waals surface area contributed by atoms with Crippen molar-refractivity contribution in [2.75, 3.05) is 11.5 Å². The lowest BCUT2D eigenvalue weighted by atomic mass is 10.1. The first-order chi connectivity index (χ1) is 8.27. The van der Waals surface area contributed by atoms with Gasteiger partial charge < -0.3 is 11.5 Å². The van der Waals surface area contributed by atoms with Gasteiger partial charge >= 0.3 is 0 Å². The van der Waals surface area contributed by atoms with Crippen molar-refractivity contribution in [3.8, 4) is 0 Å². The van der Waals surface area contributed by atoms with Gasteiger partial charge in [-0.2, -0.15) is 0 Å². The van der Waals surface area contributed by atoms with E-state index in [0.29, 0.717) is 5.82 Å². The fourth-order valence-electron chi connectivity index (χ4n) is 1.41. The summed E-state index contributed by atoms with van der Waals surface area (Å²) in [7, 11) is 0. The van der Waals surface area contributed by atoms with Crippen molar-refractivity contribution in [1.29, 1.82) is 0 Å². The molecule has 1 aromatic carbocycles. The number of anilines is 1. The molecule has 0 amide bonds. The average molecular weight is 246 g/mol. The van der Waals surface area contributed by atoms with Gasteiger partial charge in [0.25, 0.3) is 0 Å². The molecule has 2 rings (SSSR count). The zero-order valence-corrected chi connectivity index (χ0v) is 10.1. The SMILES string of the molecule is Nc1nccnc1SCC(N)c1ccccc1. The summed E-state index contributed by atoms with van der Waals surface area (Å²) in [4.78, 5) is 8.15. The van der Waals surface area contributed by atoms with Crippen LogP contribution in [0.3, 0.4) is 0 Å². The highest BCUT2D eigenvalue weighted by atomic mass is 32.2. The van der Waals surface area contributed by atoms with Crippen molar-refractivity contribution in [3.63, 3.8) is 0 Å². The van der Waals surface area contributed by atoms with Crippen LogP contribution in [0.25, 0.3) is 0 Å². The number of thioether (sulfide) groups is 1. The highest BCUT2D eigenvalue weighted by Crippen LogP contribution is 2.24. The Balaban J connectivity index is 1.97. The Morgan fingerprint density at radius 1 is 1.12 bits per heavy atom. The van der Waals surface area contributed by atoms with Gasteiger partial charge in [-0.25, -0.2) is 9.97 Å². The van der Waals surface area contributed by atoms with Crippen LogP contribution in [0, 0.1) is 0 Å². The van der Waals surface area contributed by atoms with E-state index in [1.165, 1.54) is 11.8 Å². The molecule has 0 saturated carbocycles. The van der Waals surface area contributed by atoms with Crippen molar-refractivity contribution >= 4 is 17.6 Å². The molecule has 0 spiro atoms. The minimum atomic E-state index is -0.0254. The molecule has 2 aromatic rings. The maximum atomic E-state index is 6.08.